The molecule has 1 N–H and O–H groups in total. The van der Waals surface area contributed by atoms with Crippen LogP contribution < -0.4 is 0 Å². The van der Waals surface area contributed by atoms with E-state index in [9.17, 15) is 4.79 Å². The Morgan fingerprint density at radius 3 is 2.62 bits per heavy atom. The van der Waals surface area contributed by atoms with E-state index in [0.29, 0.717) is 0 Å². The lowest BCUT2D eigenvalue weighted by Crippen LogP contribution is -2.37. The van der Waals surface area contributed by atoms with E-state index in [-0.39, 0.29) is 18.6 Å². The van der Waals surface area contributed by atoms with E-state index in [0.717, 1.165) is 5.56 Å². The van der Waals surface area contributed by atoms with E-state index in [1.807, 2.05) is 37.8 Å². The van der Waals surface area contributed by atoms with E-state index in [1.54, 1.807) is 12.4 Å². The van der Waals surface area contributed by atoms with Crippen LogP contribution in [0.25, 0.3) is 0 Å². The van der Waals surface area contributed by atoms with E-state index < -0.39 is 5.97 Å². The maximum atomic E-state index is 10.8. The van der Waals surface area contributed by atoms with Gasteiger partial charge in [-0.15, -0.1) is 0 Å². The molecule has 16 heavy (non-hydrogen) atoms. The van der Waals surface area contributed by atoms with Crippen LogP contribution in [0.15, 0.2) is 24.5 Å². The van der Waals surface area contributed by atoms with Crippen molar-refractivity contribution in [2.45, 2.75) is 32.9 Å². The minimum atomic E-state index is -0.801. The summed E-state index contributed by atoms with van der Waals surface area (Å²) in [6, 6.07) is 4.08. The van der Waals surface area contributed by atoms with Gasteiger partial charge in [0, 0.05) is 24.5 Å². The predicted molar refractivity (Wildman–Crippen MR) is 62.1 cm³/mol. The van der Waals surface area contributed by atoms with Gasteiger partial charge in [-0.25, -0.2) is 0 Å². The molecule has 1 heterocycles. The van der Waals surface area contributed by atoms with Gasteiger partial charge in [-0.2, -0.15) is 0 Å². The first-order valence-electron chi connectivity index (χ1n) is 5.40. The molecule has 1 aromatic heterocycles. The van der Waals surface area contributed by atoms with Gasteiger partial charge in [0.05, 0.1) is 6.54 Å². The minimum Gasteiger partial charge on any atom is -0.480 e. The molecular weight excluding hydrogens is 204 g/mol. The second-order valence-corrected chi connectivity index (χ2v) is 4.12. The molecule has 0 amide bonds. The fourth-order valence-corrected chi connectivity index (χ4v) is 1.74. The van der Waals surface area contributed by atoms with Crippen molar-refractivity contribution in [3.8, 4) is 0 Å². The summed E-state index contributed by atoms with van der Waals surface area (Å²) in [6.07, 6.45) is 3.50. The highest BCUT2D eigenvalue weighted by Crippen LogP contribution is 2.20. The molecule has 0 fully saturated rings. The molecule has 0 spiro atoms. The summed E-state index contributed by atoms with van der Waals surface area (Å²) in [4.78, 5) is 16.8. The molecule has 0 saturated carbocycles. The average Bonchev–Trinajstić information content (AvgIpc) is 2.25. The number of carboxylic acid groups (broad SMARTS) is 1. The Balaban J connectivity index is 2.83. The molecule has 0 aliphatic heterocycles. The summed E-state index contributed by atoms with van der Waals surface area (Å²) in [6.45, 7) is 6.04. The van der Waals surface area contributed by atoms with E-state index in [4.69, 9.17) is 5.11 Å². The maximum Gasteiger partial charge on any atom is 0.317 e. The molecule has 0 radical (unpaired) electrons. The van der Waals surface area contributed by atoms with E-state index in [2.05, 4.69) is 4.98 Å². The smallest absolute Gasteiger partial charge is 0.317 e. The van der Waals surface area contributed by atoms with Crippen molar-refractivity contribution in [3.63, 3.8) is 0 Å². The fraction of sp³-hybridized carbons (Fsp3) is 0.500. The first kappa shape index (κ1) is 12.6. The van der Waals surface area contributed by atoms with Crippen molar-refractivity contribution in [2.75, 3.05) is 6.54 Å². The van der Waals surface area contributed by atoms with Crippen LogP contribution in [0.1, 0.15) is 32.4 Å². The SMILES string of the molecule is CC(C)N(CC(=O)O)C(C)c1cccnc1. The summed E-state index contributed by atoms with van der Waals surface area (Å²) in [5.74, 6) is -0.801. The van der Waals surface area contributed by atoms with Gasteiger partial charge in [-0.1, -0.05) is 6.07 Å². The van der Waals surface area contributed by atoms with Crippen LogP contribution in [-0.4, -0.2) is 33.5 Å². The number of aliphatic carboxylic acids is 1. The maximum absolute atomic E-state index is 10.8. The molecule has 0 aromatic carbocycles. The zero-order chi connectivity index (χ0) is 12.1. The molecule has 1 atom stereocenters. The summed E-state index contributed by atoms with van der Waals surface area (Å²) in [7, 11) is 0. The van der Waals surface area contributed by atoms with Crippen molar-refractivity contribution in [1.82, 2.24) is 9.88 Å². The monoisotopic (exact) mass is 222 g/mol. The topological polar surface area (TPSA) is 53.4 Å². The molecule has 0 saturated heterocycles. The van der Waals surface area contributed by atoms with Crippen LogP contribution >= 0.6 is 0 Å². The highest BCUT2D eigenvalue weighted by Gasteiger charge is 2.21. The van der Waals surface area contributed by atoms with Crippen LogP contribution in [-0.2, 0) is 4.79 Å². The number of hydrogen-bond donors (Lipinski definition) is 1. The Bertz CT molecular complexity index is 338. The number of carboxylic acids is 1. The molecule has 1 aromatic rings. The van der Waals surface area contributed by atoms with Crippen LogP contribution in [0.2, 0.25) is 0 Å². The zero-order valence-corrected chi connectivity index (χ0v) is 9.92. The molecule has 0 bridgehead atoms. The predicted octanol–water partition coefficient (Wildman–Crippen LogP) is 1.94. The summed E-state index contributed by atoms with van der Waals surface area (Å²) >= 11 is 0. The van der Waals surface area contributed by atoms with Crippen LogP contribution in [0.4, 0.5) is 0 Å². The number of hydrogen-bond acceptors (Lipinski definition) is 3. The highest BCUT2D eigenvalue weighted by molar-refractivity contribution is 5.69. The molecule has 88 valence electrons. The van der Waals surface area contributed by atoms with Crippen molar-refractivity contribution in [3.05, 3.63) is 30.1 Å². The number of rotatable bonds is 5. The molecule has 4 nitrogen and oxygen atoms in total. The third-order valence-electron chi connectivity index (χ3n) is 2.65. The highest BCUT2D eigenvalue weighted by atomic mass is 16.4. The third kappa shape index (κ3) is 3.31. The molecule has 1 rings (SSSR count). The van der Waals surface area contributed by atoms with Crippen molar-refractivity contribution < 1.29 is 9.90 Å². The van der Waals surface area contributed by atoms with Gasteiger partial charge in [0.25, 0.3) is 0 Å². The second-order valence-electron chi connectivity index (χ2n) is 4.12. The minimum absolute atomic E-state index is 0.0493. The number of nitrogens with zero attached hydrogens (tertiary/aromatic N) is 2. The van der Waals surface area contributed by atoms with E-state index >= 15 is 0 Å². The largest absolute Gasteiger partial charge is 0.480 e. The Kier molecular flexibility index (Phi) is 4.43. The average molecular weight is 222 g/mol. The molecule has 0 aliphatic carbocycles. The van der Waals surface area contributed by atoms with Crippen molar-refractivity contribution >= 4 is 5.97 Å². The van der Waals surface area contributed by atoms with Gasteiger partial charge < -0.3 is 5.11 Å². The van der Waals surface area contributed by atoms with Crippen LogP contribution in [0, 0.1) is 0 Å². The number of carbonyl (C=O) groups is 1. The van der Waals surface area contributed by atoms with Gasteiger partial charge >= 0.3 is 5.97 Å². The van der Waals surface area contributed by atoms with Crippen molar-refractivity contribution in [2.24, 2.45) is 0 Å². The van der Waals surface area contributed by atoms with Crippen LogP contribution in [0.3, 0.4) is 0 Å². The Morgan fingerprint density at radius 1 is 1.50 bits per heavy atom. The van der Waals surface area contributed by atoms with Gasteiger partial charge in [0.15, 0.2) is 0 Å². The Hall–Kier alpha value is -1.42. The number of pyridine rings is 1. The molecule has 1 unspecified atom stereocenters. The first-order valence-corrected chi connectivity index (χ1v) is 5.40. The second kappa shape index (κ2) is 5.61. The standard InChI is InChI=1S/C12H18N2O2/c1-9(2)14(8-12(15)16)10(3)11-5-4-6-13-7-11/h4-7,9-10H,8H2,1-3H3,(H,15,16). The zero-order valence-electron chi connectivity index (χ0n) is 9.92. The van der Waals surface area contributed by atoms with Gasteiger partial charge in [-0.05, 0) is 32.4 Å². The Morgan fingerprint density at radius 2 is 2.19 bits per heavy atom. The lowest BCUT2D eigenvalue weighted by Gasteiger charge is -2.31. The van der Waals surface area contributed by atoms with Crippen LogP contribution in [0.5, 0.6) is 0 Å². The quantitative estimate of drug-likeness (QED) is 0.827. The summed E-state index contributed by atoms with van der Waals surface area (Å²) < 4.78 is 0. The first-order chi connectivity index (χ1) is 7.52. The normalized spacial score (nSPS) is 13.1. The third-order valence-corrected chi connectivity index (χ3v) is 2.65. The van der Waals surface area contributed by atoms with Gasteiger partial charge in [0.2, 0.25) is 0 Å². The van der Waals surface area contributed by atoms with Gasteiger partial charge in [0.1, 0.15) is 0 Å². The molecule has 4 heteroatoms. The lowest BCUT2D eigenvalue weighted by molar-refractivity contribution is -0.139. The summed E-state index contributed by atoms with van der Waals surface area (Å²) in [5.41, 5.74) is 1.04. The summed E-state index contributed by atoms with van der Waals surface area (Å²) in [5, 5.41) is 8.87. The fourth-order valence-electron chi connectivity index (χ4n) is 1.74. The molecule has 0 aliphatic rings. The van der Waals surface area contributed by atoms with E-state index in [1.165, 1.54) is 0 Å². The molecular formula is C12H18N2O2. The Labute approximate surface area is 95.9 Å². The van der Waals surface area contributed by atoms with Gasteiger partial charge in [-0.3, -0.25) is 14.7 Å². The lowest BCUT2D eigenvalue weighted by atomic mass is 10.1. The number of aromatic nitrogens is 1. The van der Waals surface area contributed by atoms with Crippen molar-refractivity contribution in [1.29, 1.82) is 0 Å².